The molecule has 1 aromatic rings. The van der Waals surface area contributed by atoms with Crippen LogP contribution in [0.15, 0.2) is 29.2 Å². The van der Waals surface area contributed by atoms with Crippen LogP contribution in [0.25, 0.3) is 6.08 Å². The molecule has 1 atom stereocenters. The molecule has 0 aliphatic carbocycles. The second kappa shape index (κ2) is 7.24. The van der Waals surface area contributed by atoms with Gasteiger partial charge >= 0.3 is 6.09 Å². The Bertz CT molecular complexity index is 776. The molecule has 2 N–H and O–H groups in total. The summed E-state index contributed by atoms with van der Waals surface area (Å²) in [7, 11) is 0. The van der Waals surface area contributed by atoms with Crippen LogP contribution in [0.3, 0.4) is 0 Å². The summed E-state index contributed by atoms with van der Waals surface area (Å²) in [5.74, 6) is -0.372. The number of amides is 3. The maximum atomic E-state index is 12.0. The summed E-state index contributed by atoms with van der Waals surface area (Å²) in [6.45, 7) is 2.07. The van der Waals surface area contributed by atoms with Crippen molar-refractivity contribution in [2.24, 2.45) is 0 Å². The van der Waals surface area contributed by atoms with Gasteiger partial charge in [0.25, 0.3) is 5.91 Å². The van der Waals surface area contributed by atoms with Crippen molar-refractivity contribution >= 4 is 58.0 Å². The van der Waals surface area contributed by atoms with E-state index in [2.05, 4.69) is 10.6 Å². The van der Waals surface area contributed by atoms with E-state index in [9.17, 15) is 14.4 Å². The Balaban J connectivity index is 1.67. The molecule has 0 bridgehead atoms. The molecular weight excluding hydrogens is 362 g/mol. The highest BCUT2D eigenvalue weighted by atomic mass is 32.2. The molecule has 130 valence electrons. The Hall–Kier alpha value is -2.39. The third kappa shape index (κ3) is 4.18. The zero-order valence-corrected chi connectivity index (χ0v) is 14.9. The number of cyclic esters (lactones) is 1. The highest BCUT2D eigenvalue weighted by Crippen LogP contribution is 2.27. The number of benzene rings is 1. The molecule has 0 saturated carbocycles. The van der Waals surface area contributed by atoms with Crippen LogP contribution in [0.4, 0.5) is 10.5 Å². The van der Waals surface area contributed by atoms with Crippen LogP contribution in [0, 0.1) is 0 Å². The minimum absolute atomic E-state index is 0.166. The molecule has 1 aromatic carbocycles. The molecule has 7 nitrogen and oxygen atoms in total. The molecule has 3 amide bonds. The summed E-state index contributed by atoms with van der Waals surface area (Å²) in [6.07, 6.45) is 0.917. The van der Waals surface area contributed by atoms with Crippen LogP contribution in [0.1, 0.15) is 12.5 Å². The van der Waals surface area contributed by atoms with Gasteiger partial charge < -0.3 is 15.4 Å². The summed E-state index contributed by atoms with van der Waals surface area (Å²) < 4.78 is 5.67. The highest BCUT2D eigenvalue weighted by Gasteiger charge is 2.32. The molecule has 2 aliphatic rings. The predicted octanol–water partition coefficient (Wildman–Crippen LogP) is 1.64. The number of thiocarbonyl (C=S) groups is 1. The standard InChI is InChI=1S/C16H15N3O4S2/c1-9(20)17-7-12-8-19(16(22)23-12)11-4-2-10(3-5-11)6-13-14(21)18-15(24)25-13/h2-6,12H,7-8H2,1H3,(H,17,20)(H,18,21,24)/b13-6-. The summed E-state index contributed by atoms with van der Waals surface area (Å²) in [5, 5.41) is 5.20. The largest absolute Gasteiger partial charge is 0.442 e. The third-order valence-corrected chi connectivity index (χ3v) is 4.76. The van der Waals surface area contributed by atoms with Crippen LogP contribution in [-0.2, 0) is 14.3 Å². The van der Waals surface area contributed by atoms with Crippen LogP contribution in [0.2, 0.25) is 0 Å². The summed E-state index contributed by atoms with van der Waals surface area (Å²) in [4.78, 5) is 36.6. The molecule has 2 aliphatic heterocycles. The monoisotopic (exact) mass is 377 g/mol. The van der Waals surface area contributed by atoms with Gasteiger partial charge in [-0.3, -0.25) is 14.5 Å². The average Bonchev–Trinajstić information content (AvgIpc) is 3.08. The lowest BCUT2D eigenvalue weighted by atomic mass is 10.1. The van der Waals surface area contributed by atoms with E-state index in [1.807, 2.05) is 12.1 Å². The van der Waals surface area contributed by atoms with Gasteiger partial charge in [-0.2, -0.15) is 0 Å². The first-order chi connectivity index (χ1) is 11.9. The molecule has 1 unspecified atom stereocenters. The van der Waals surface area contributed by atoms with E-state index in [1.165, 1.54) is 23.6 Å². The van der Waals surface area contributed by atoms with E-state index >= 15 is 0 Å². The number of ether oxygens (including phenoxy) is 1. The average molecular weight is 377 g/mol. The van der Waals surface area contributed by atoms with E-state index in [0.717, 1.165) is 5.56 Å². The van der Waals surface area contributed by atoms with Crippen molar-refractivity contribution in [3.8, 4) is 0 Å². The minimum Gasteiger partial charge on any atom is -0.442 e. The first-order valence-electron chi connectivity index (χ1n) is 7.50. The van der Waals surface area contributed by atoms with E-state index < -0.39 is 6.09 Å². The molecule has 0 aromatic heterocycles. The van der Waals surface area contributed by atoms with Crippen molar-refractivity contribution in [2.45, 2.75) is 13.0 Å². The number of nitrogens with one attached hydrogen (secondary N) is 2. The maximum Gasteiger partial charge on any atom is 0.414 e. The number of carbonyl (C=O) groups is 3. The minimum atomic E-state index is -0.447. The molecule has 0 spiro atoms. The fraction of sp³-hybridized carbons (Fsp3) is 0.250. The second-order valence-corrected chi connectivity index (χ2v) is 7.22. The van der Waals surface area contributed by atoms with Gasteiger partial charge in [-0.1, -0.05) is 36.1 Å². The molecular formula is C16H15N3O4S2. The van der Waals surface area contributed by atoms with Crippen LogP contribution in [0.5, 0.6) is 0 Å². The van der Waals surface area contributed by atoms with Crippen molar-refractivity contribution in [2.75, 3.05) is 18.0 Å². The quantitative estimate of drug-likeness (QED) is 0.613. The van der Waals surface area contributed by atoms with Crippen molar-refractivity contribution in [1.29, 1.82) is 0 Å². The molecule has 0 radical (unpaired) electrons. The normalized spacial score (nSPS) is 21.5. The Kier molecular flexibility index (Phi) is 5.05. The van der Waals surface area contributed by atoms with Gasteiger partial charge in [0.2, 0.25) is 5.91 Å². The lowest BCUT2D eigenvalue weighted by Crippen LogP contribution is -2.33. The zero-order valence-electron chi connectivity index (χ0n) is 13.3. The second-order valence-electron chi connectivity index (χ2n) is 5.50. The number of hydrogen-bond acceptors (Lipinski definition) is 6. The summed E-state index contributed by atoms with van der Waals surface area (Å²) in [5.41, 5.74) is 1.52. The van der Waals surface area contributed by atoms with Gasteiger partial charge in [0.1, 0.15) is 10.4 Å². The zero-order chi connectivity index (χ0) is 18.0. The van der Waals surface area contributed by atoms with Gasteiger partial charge in [0.05, 0.1) is 18.0 Å². The molecule has 2 saturated heterocycles. The van der Waals surface area contributed by atoms with E-state index in [-0.39, 0.29) is 24.5 Å². The Morgan fingerprint density at radius 3 is 2.76 bits per heavy atom. The first-order valence-corrected chi connectivity index (χ1v) is 8.72. The first kappa shape index (κ1) is 17.4. The van der Waals surface area contributed by atoms with Crippen molar-refractivity contribution in [1.82, 2.24) is 10.6 Å². The topological polar surface area (TPSA) is 87.7 Å². The Labute approximate surface area is 153 Å². The maximum absolute atomic E-state index is 12.0. The lowest BCUT2D eigenvalue weighted by molar-refractivity contribution is -0.119. The molecule has 2 heterocycles. The number of anilines is 1. The van der Waals surface area contributed by atoms with Crippen molar-refractivity contribution < 1.29 is 19.1 Å². The van der Waals surface area contributed by atoms with Gasteiger partial charge in [0, 0.05) is 12.6 Å². The number of hydrogen-bond donors (Lipinski definition) is 2. The number of thioether (sulfide) groups is 1. The van der Waals surface area contributed by atoms with Crippen LogP contribution in [-0.4, -0.2) is 41.4 Å². The van der Waals surface area contributed by atoms with Crippen LogP contribution >= 0.6 is 24.0 Å². The SMILES string of the molecule is CC(=O)NCC1CN(c2ccc(/C=C3\SC(=S)NC3=O)cc2)C(=O)O1. The fourth-order valence-electron chi connectivity index (χ4n) is 2.42. The summed E-state index contributed by atoms with van der Waals surface area (Å²) in [6, 6.07) is 7.19. The van der Waals surface area contributed by atoms with Crippen LogP contribution < -0.4 is 15.5 Å². The summed E-state index contributed by atoms with van der Waals surface area (Å²) >= 11 is 6.17. The Morgan fingerprint density at radius 1 is 1.44 bits per heavy atom. The van der Waals surface area contributed by atoms with Crippen molar-refractivity contribution in [3.63, 3.8) is 0 Å². The smallest absolute Gasteiger partial charge is 0.414 e. The van der Waals surface area contributed by atoms with Gasteiger partial charge in [-0.15, -0.1) is 0 Å². The Morgan fingerprint density at radius 2 is 2.16 bits per heavy atom. The molecule has 3 rings (SSSR count). The van der Waals surface area contributed by atoms with E-state index in [0.29, 0.717) is 21.5 Å². The fourth-order valence-corrected chi connectivity index (χ4v) is 3.46. The number of rotatable bonds is 4. The van der Waals surface area contributed by atoms with Gasteiger partial charge in [-0.05, 0) is 23.8 Å². The van der Waals surface area contributed by atoms with Gasteiger partial charge in [0.15, 0.2) is 0 Å². The predicted molar refractivity (Wildman–Crippen MR) is 99.0 cm³/mol. The van der Waals surface area contributed by atoms with E-state index in [4.69, 9.17) is 17.0 Å². The number of nitrogens with zero attached hydrogens (tertiary/aromatic N) is 1. The van der Waals surface area contributed by atoms with Gasteiger partial charge in [-0.25, -0.2) is 4.79 Å². The number of carbonyl (C=O) groups excluding carboxylic acids is 3. The third-order valence-electron chi connectivity index (χ3n) is 3.60. The van der Waals surface area contributed by atoms with Crippen molar-refractivity contribution in [3.05, 3.63) is 34.7 Å². The lowest BCUT2D eigenvalue weighted by Gasteiger charge is -2.13. The molecule has 25 heavy (non-hydrogen) atoms. The van der Waals surface area contributed by atoms with E-state index in [1.54, 1.807) is 18.2 Å². The molecule has 9 heteroatoms. The molecule has 2 fully saturated rings. The highest BCUT2D eigenvalue weighted by molar-refractivity contribution is 8.26.